The number of alkyl halides is 1. The van der Waals surface area contributed by atoms with Crippen molar-refractivity contribution in [2.45, 2.75) is 6.17 Å². The van der Waals surface area contributed by atoms with Gasteiger partial charge < -0.3 is 10.6 Å². The highest BCUT2D eigenvalue weighted by Crippen LogP contribution is 2.43. The molecular weight excluding hydrogens is 528 g/mol. The lowest BCUT2D eigenvalue weighted by molar-refractivity contribution is -0.766. The van der Waals surface area contributed by atoms with Gasteiger partial charge in [0.05, 0.1) is 23.1 Å². The molecule has 3 aromatic carbocycles. The quantitative estimate of drug-likeness (QED) is 0.351. The molecule has 2 N–H and O–H groups in total. The Labute approximate surface area is 235 Å². The number of nitrogens with zero attached hydrogens (tertiary/aromatic N) is 1. The second-order valence-corrected chi connectivity index (χ2v) is 10.8. The number of benzene rings is 3. The van der Waals surface area contributed by atoms with Crippen molar-refractivity contribution in [3.8, 4) is 11.1 Å². The van der Waals surface area contributed by atoms with E-state index in [-0.39, 0.29) is 21.9 Å². The summed E-state index contributed by atoms with van der Waals surface area (Å²) in [6, 6.07) is 23.8. The van der Waals surface area contributed by atoms with E-state index in [0.717, 1.165) is 22.9 Å². The number of nitrogens with one attached hydrogen (secondary N) is 2. The fourth-order valence-corrected chi connectivity index (χ4v) is 6.47. The van der Waals surface area contributed by atoms with Crippen LogP contribution >= 0.6 is 11.8 Å². The summed E-state index contributed by atoms with van der Waals surface area (Å²) in [4.78, 5) is 27.4. The van der Waals surface area contributed by atoms with Crippen molar-refractivity contribution in [2.75, 3.05) is 23.4 Å². The maximum absolute atomic E-state index is 15.0. The monoisotopic (exact) mass is 554 g/mol. The van der Waals surface area contributed by atoms with Crippen molar-refractivity contribution < 1.29 is 22.9 Å². The van der Waals surface area contributed by atoms with Crippen molar-refractivity contribution in [1.82, 2.24) is 5.32 Å². The number of hydrogen-bond donors (Lipinski definition) is 2. The highest BCUT2D eigenvalue weighted by Gasteiger charge is 2.51. The van der Waals surface area contributed by atoms with Gasteiger partial charge in [0.1, 0.15) is 18.1 Å². The first-order chi connectivity index (χ1) is 19.5. The molecule has 2 heterocycles. The average Bonchev–Trinajstić information content (AvgIpc) is 3.17. The van der Waals surface area contributed by atoms with Gasteiger partial charge in [0, 0.05) is 29.3 Å². The lowest BCUT2D eigenvalue weighted by Gasteiger charge is -2.41. The van der Waals surface area contributed by atoms with E-state index >= 15 is 0 Å². The maximum atomic E-state index is 15.0. The lowest BCUT2D eigenvalue weighted by Crippen LogP contribution is -2.55. The number of anilines is 1. The van der Waals surface area contributed by atoms with Crippen LogP contribution in [0.2, 0.25) is 0 Å². The molecule has 2 atom stereocenters. The number of halogens is 2. The van der Waals surface area contributed by atoms with Gasteiger partial charge in [-0.05, 0) is 47.5 Å². The molecule has 40 heavy (non-hydrogen) atoms. The maximum Gasteiger partial charge on any atom is 0.355 e. The van der Waals surface area contributed by atoms with Crippen LogP contribution in [0.3, 0.4) is 0 Å². The normalized spacial score (nSPS) is 21.7. The molecule has 200 valence electrons. The van der Waals surface area contributed by atoms with Crippen LogP contribution in [-0.2, 0) is 0 Å². The smallest absolute Gasteiger partial charge is 0.355 e. The van der Waals surface area contributed by atoms with Crippen LogP contribution in [0.1, 0.15) is 20.7 Å². The molecule has 0 bridgehead atoms. The summed E-state index contributed by atoms with van der Waals surface area (Å²) in [5.41, 5.74) is 4.57. The molecule has 2 aliphatic heterocycles. The van der Waals surface area contributed by atoms with E-state index in [1.165, 1.54) is 12.3 Å². The molecule has 5 nitrogen and oxygen atoms in total. The number of carbonyl (C=O) groups is 2. The molecule has 0 spiro atoms. The molecule has 2 unspecified atom stereocenters. The molecule has 2 amide bonds. The van der Waals surface area contributed by atoms with E-state index in [1.807, 2.05) is 48.5 Å². The fraction of sp³-hybridized carbons (Fsp3) is 0.125. The number of thioether (sulfide) groups is 1. The van der Waals surface area contributed by atoms with Crippen molar-refractivity contribution in [3.63, 3.8) is 0 Å². The third-order valence-electron chi connectivity index (χ3n) is 7.42. The zero-order chi connectivity index (χ0) is 27.7. The number of hydrogen-bond acceptors (Lipinski definition) is 4. The van der Waals surface area contributed by atoms with Crippen LogP contribution in [-0.4, -0.2) is 40.5 Å². The minimum atomic E-state index is -1.94. The number of carbonyl (C=O) groups excluding carboxylic acids is 2. The predicted molar refractivity (Wildman–Crippen MR) is 155 cm³/mol. The standard InChI is InChI=1S/C32H25F2N3O2S/c33-28-14-15-29-27(30(28)34)19-35-18-24-20-40-17-16-37(24,29)32(39)22-10-12-23(13-11-22)36-31(38)26-9-5-4-8-25(26)21-6-2-1-3-7-21/h1-15,18-19,30,35H,16-17,20H2/p+1. The number of fused-ring (bicyclic) bond motifs is 3. The molecule has 3 aliphatic rings. The van der Waals surface area contributed by atoms with E-state index in [1.54, 1.807) is 48.3 Å². The number of amides is 2. The molecule has 1 fully saturated rings. The van der Waals surface area contributed by atoms with Gasteiger partial charge >= 0.3 is 5.91 Å². The molecule has 1 saturated heterocycles. The zero-order valence-electron chi connectivity index (χ0n) is 21.4. The third kappa shape index (κ3) is 4.49. The predicted octanol–water partition coefficient (Wildman–Crippen LogP) is 6.73. The first kappa shape index (κ1) is 26.0. The van der Waals surface area contributed by atoms with Crippen LogP contribution in [0.4, 0.5) is 14.5 Å². The van der Waals surface area contributed by atoms with Crippen LogP contribution in [0, 0.1) is 0 Å². The molecule has 3 aromatic rings. The highest BCUT2D eigenvalue weighted by molar-refractivity contribution is 7.99. The zero-order valence-corrected chi connectivity index (χ0v) is 22.3. The van der Waals surface area contributed by atoms with Crippen molar-refractivity contribution in [1.29, 1.82) is 0 Å². The molecular formula is C32H26F2N3O2S+. The lowest BCUT2D eigenvalue weighted by atomic mass is 9.97. The van der Waals surface area contributed by atoms with Crippen LogP contribution in [0.5, 0.6) is 0 Å². The fourth-order valence-electron chi connectivity index (χ4n) is 5.41. The van der Waals surface area contributed by atoms with Gasteiger partial charge in [0.25, 0.3) is 5.91 Å². The van der Waals surface area contributed by atoms with Crippen LogP contribution < -0.4 is 10.6 Å². The van der Waals surface area contributed by atoms with Gasteiger partial charge in [-0.3, -0.25) is 4.79 Å². The summed E-state index contributed by atoms with van der Waals surface area (Å²) in [7, 11) is 0. The Morgan fingerprint density at radius 2 is 1.68 bits per heavy atom. The van der Waals surface area contributed by atoms with E-state index in [2.05, 4.69) is 10.6 Å². The summed E-state index contributed by atoms with van der Waals surface area (Å²) in [6.07, 6.45) is 3.86. The molecule has 6 rings (SSSR count). The first-order valence-corrected chi connectivity index (χ1v) is 14.1. The van der Waals surface area contributed by atoms with E-state index in [4.69, 9.17) is 0 Å². The Bertz CT molecular complexity index is 1610. The first-order valence-electron chi connectivity index (χ1n) is 12.9. The molecule has 0 radical (unpaired) electrons. The molecule has 0 aromatic heterocycles. The summed E-state index contributed by atoms with van der Waals surface area (Å²) in [5, 5.41) is 5.90. The minimum Gasteiger partial charge on any atom is -0.362 e. The van der Waals surface area contributed by atoms with Gasteiger partial charge in [-0.15, -0.1) is 11.8 Å². The second-order valence-electron chi connectivity index (χ2n) is 9.70. The Balaban J connectivity index is 1.30. The van der Waals surface area contributed by atoms with Crippen molar-refractivity contribution in [3.05, 3.63) is 137 Å². The van der Waals surface area contributed by atoms with Crippen molar-refractivity contribution >= 4 is 29.3 Å². The number of rotatable bonds is 4. The second kappa shape index (κ2) is 10.7. The van der Waals surface area contributed by atoms with Gasteiger partial charge in [0.2, 0.25) is 0 Å². The SMILES string of the molecule is O=C(Nc1ccc(C(=O)[N+]23CCSCC2=CNC=C2C3=CC=C(F)C2F)cc1)c1ccccc1-c1ccccc1. The van der Waals surface area contributed by atoms with Crippen molar-refractivity contribution in [2.24, 2.45) is 0 Å². The van der Waals surface area contributed by atoms with E-state index in [0.29, 0.717) is 40.6 Å². The molecule has 1 aliphatic carbocycles. The average molecular weight is 555 g/mol. The summed E-state index contributed by atoms with van der Waals surface area (Å²) in [5.74, 6) is -0.114. The Morgan fingerprint density at radius 3 is 2.48 bits per heavy atom. The topological polar surface area (TPSA) is 58.2 Å². The van der Waals surface area contributed by atoms with Gasteiger partial charge in [-0.1, -0.05) is 48.5 Å². The molecule has 0 saturated carbocycles. The number of quaternary nitrogens is 1. The van der Waals surface area contributed by atoms with Crippen LogP contribution in [0.25, 0.3) is 11.1 Å². The Kier molecular flexibility index (Phi) is 6.96. The number of allylic oxidation sites excluding steroid dienone is 4. The molecule has 8 heteroatoms. The minimum absolute atomic E-state index is 0.118. The third-order valence-corrected chi connectivity index (χ3v) is 8.39. The van der Waals surface area contributed by atoms with E-state index < -0.39 is 12.0 Å². The van der Waals surface area contributed by atoms with E-state index in [9.17, 15) is 18.4 Å². The summed E-state index contributed by atoms with van der Waals surface area (Å²) >= 11 is 1.69. The van der Waals surface area contributed by atoms with Gasteiger partial charge in [-0.2, -0.15) is 4.48 Å². The highest BCUT2D eigenvalue weighted by atomic mass is 32.2. The van der Waals surface area contributed by atoms with Crippen LogP contribution in [0.15, 0.2) is 126 Å². The Hall–Kier alpha value is -4.27. The Morgan fingerprint density at radius 1 is 0.925 bits per heavy atom. The van der Waals surface area contributed by atoms with Gasteiger partial charge in [-0.25, -0.2) is 13.6 Å². The largest absolute Gasteiger partial charge is 0.362 e. The summed E-state index contributed by atoms with van der Waals surface area (Å²) < 4.78 is 28.9. The van der Waals surface area contributed by atoms with Gasteiger partial charge in [0.15, 0.2) is 11.9 Å². The summed E-state index contributed by atoms with van der Waals surface area (Å²) in [6.45, 7) is 0.414.